The molecule has 0 spiro atoms. The van der Waals surface area contributed by atoms with Gasteiger partial charge in [0.15, 0.2) is 5.96 Å². The molecule has 0 radical (unpaired) electrons. The quantitative estimate of drug-likeness (QED) is 0.244. The van der Waals surface area contributed by atoms with Crippen LogP contribution in [0.2, 0.25) is 0 Å². The molecule has 1 saturated heterocycles. The Balaban J connectivity index is 0.00000385. The van der Waals surface area contributed by atoms with Gasteiger partial charge in [-0.3, -0.25) is 9.89 Å². The molecule has 0 saturated carbocycles. The van der Waals surface area contributed by atoms with Gasteiger partial charge in [0.2, 0.25) is 0 Å². The van der Waals surface area contributed by atoms with Gasteiger partial charge in [0.05, 0.1) is 6.54 Å². The summed E-state index contributed by atoms with van der Waals surface area (Å²) in [6.07, 6.45) is 1.51. The molecule has 2 aromatic rings. The van der Waals surface area contributed by atoms with Crippen molar-refractivity contribution in [1.82, 2.24) is 15.5 Å². The van der Waals surface area contributed by atoms with Crippen LogP contribution in [0.15, 0.2) is 53.5 Å². The highest BCUT2D eigenvalue weighted by molar-refractivity contribution is 14.0. The SMILES string of the molecule is CCNC(=NCC(O)COc1cccc(C)c1)NC1CCN(Cc2ccccc2C)CC1.I. The lowest BCUT2D eigenvalue weighted by Gasteiger charge is -2.33. The minimum absolute atomic E-state index is 0. The number of rotatable bonds is 9. The topological polar surface area (TPSA) is 69.1 Å². The molecule has 33 heavy (non-hydrogen) atoms. The third kappa shape index (κ3) is 9.51. The lowest BCUT2D eigenvalue weighted by molar-refractivity contribution is 0.114. The van der Waals surface area contributed by atoms with E-state index in [9.17, 15) is 5.11 Å². The summed E-state index contributed by atoms with van der Waals surface area (Å²) >= 11 is 0. The fourth-order valence-electron chi connectivity index (χ4n) is 3.92. The second kappa shape index (κ2) is 14.4. The minimum Gasteiger partial charge on any atom is -0.491 e. The lowest BCUT2D eigenvalue weighted by Crippen LogP contribution is -2.48. The maximum atomic E-state index is 10.3. The summed E-state index contributed by atoms with van der Waals surface area (Å²) in [6.45, 7) is 10.7. The molecule has 1 atom stereocenters. The summed E-state index contributed by atoms with van der Waals surface area (Å²) in [5.74, 6) is 1.54. The van der Waals surface area contributed by atoms with Gasteiger partial charge in [-0.25, -0.2) is 0 Å². The van der Waals surface area contributed by atoms with Crippen LogP contribution in [0.3, 0.4) is 0 Å². The smallest absolute Gasteiger partial charge is 0.191 e. The maximum absolute atomic E-state index is 10.3. The molecule has 3 N–H and O–H groups in total. The molecule has 1 aliphatic heterocycles. The number of aliphatic hydroxyl groups excluding tert-OH is 1. The highest BCUT2D eigenvalue weighted by Gasteiger charge is 2.20. The number of benzene rings is 2. The van der Waals surface area contributed by atoms with Gasteiger partial charge in [-0.2, -0.15) is 0 Å². The van der Waals surface area contributed by atoms with Crippen molar-refractivity contribution >= 4 is 29.9 Å². The number of ether oxygens (including phenoxy) is 1. The Morgan fingerprint density at radius 2 is 1.91 bits per heavy atom. The first-order chi connectivity index (χ1) is 15.5. The fourth-order valence-corrected chi connectivity index (χ4v) is 3.92. The minimum atomic E-state index is -0.651. The van der Waals surface area contributed by atoms with Crippen molar-refractivity contribution in [2.75, 3.05) is 32.8 Å². The van der Waals surface area contributed by atoms with Crippen molar-refractivity contribution in [3.63, 3.8) is 0 Å². The number of hydrogen-bond acceptors (Lipinski definition) is 4. The highest BCUT2D eigenvalue weighted by Crippen LogP contribution is 2.16. The van der Waals surface area contributed by atoms with Gasteiger partial charge in [0, 0.05) is 32.2 Å². The first-order valence-electron chi connectivity index (χ1n) is 11.7. The molecule has 182 valence electrons. The van der Waals surface area contributed by atoms with Crippen molar-refractivity contribution in [3.8, 4) is 5.75 Å². The van der Waals surface area contributed by atoms with Crippen molar-refractivity contribution < 1.29 is 9.84 Å². The van der Waals surface area contributed by atoms with Crippen LogP contribution in [0.4, 0.5) is 0 Å². The maximum Gasteiger partial charge on any atom is 0.191 e. The van der Waals surface area contributed by atoms with E-state index in [-0.39, 0.29) is 30.6 Å². The zero-order valence-electron chi connectivity index (χ0n) is 20.1. The largest absolute Gasteiger partial charge is 0.491 e. The van der Waals surface area contributed by atoms with Crippen LogP contribution in [0.1, 0.15) is 36.5 Å². The number of aliphatic imine (C=N–C) groups is 1. The molecule has 0 amide bonds. The summed E-state index contributed by atoms with van der Waals surface area (Å²) < 4.78 is 5.69. The molecule has 1 unspecified atom stereocenters. The molecular weight excluding hydrogens is 527 g/mol. The lowest BCUT2D eigenvalue weighted by atomic mass is 10.0. The van der Waals surface area contributed by atoms with Crippen LogP contribution in [0.25, 0.3) is 0 Å². The number of piperidine rings is 1. The standard InChI is InChI=1S/C26H38N4O2.HI/c1-4-27-26(28-17-24(31)19-32-25-11-7-8-20(2)16-25)29-23-12-14-30(15-13-23)18-22-10-6-5-9-21(22)3;/h5-11,16,23-24,31H,4,12-15,17-19H2,1-3H3,(H2,27,28,29);1H. The fraction of sp³-hybridized carbons (Fsp3) is 0.500. The normalized spacial score (nSPS) is 16.1. The van der Waals surface area contributed by atoms with Crippen molar-refractivity contribution in [3.05, 3.63) is 65.2 Å². The van der Waals surface area contributed by atoms with E-state index in [2.05, 4.69) is 58.6 Å². The molecule has 6 nitrogen and oxygen atoms in total. The summed E-state index contributed by atoms with van der Waals surface area (Å²) in [4.78, 5) is 7.11. The number of aryl methyl sites for hydroxylation is 2. The van der Waals surface area contributed by atoms with Crippen molar-refractivity contribution in [1.29, 1.82) is 0 Å². The Labute approximate surface area is 215 Å². The van der Waals surface area contributed by atoms with E-state index in [1.165, 1.54) is 11.1 Å². The van der Waals surface area contributed by atoms with E-state index in [1.807, 2.05) is 31.2 Å². The van der Waals surface area contributed by atoms with Gasteiger partial charge >= 0.3 is 0 Å². The van der Waals surface area contributed by atoms with E-state index >= 15 is 0 Å². The molecule has 0 aromatic heterocycles. The number of hydrogen-bond donors (Lipinski definition) is 3. The van der Waals surface area contributed by atoms with E-state index < -0.39 is 6.10 Å². The zero-order valence-corrected chi connectivity index (χ0v) is 22.4. The third-order valence-electron chi connectivity index (χ3n) is 5.82. The van der Waals surface area contributed by atoms with Crippen molar-refractivity contribution in [2.24, 2.45) is 4.99 Å². The number of halogens is 1. The molecule has 1 fully saturated rings. The van der Waals surface area contributed by atoms with E-state index in [1.54, 1.807) is 0 Å². The van der Waals surface area contributed by atoms with Gasteiger partial charge in [-0.15, -0.1) is 24.0 Å². The summed E-state index contributed by atoms with van der Waals surface area (Å²) in [5, 5.41) is 17.2. The molecule has 1 aliphatic rings. The molecular formula is C26H39IN4O2. The van der Waals surface area contributed by atoms with Crippen LogP contribution in [-0.2, 0) is 6.54 Å². The van der Waals surface area contributed by atoms with Crippen molar-refractivity contribution in [2.45, 2.75) is 52.3 Å². The molecule has 0 aliphatic carbocycles. The van der Waals surface area contributed by atoms with E-state index in [0.29, 0.717) is 12.6 Å². The molecule has 1 heterocycles. The Morgan fingerprint density at radius 1 is 1.15 bits per heavy atom. The monoisotopic (exact) mass is 566 g/mol. The summed E-state index contributed by atoms with van der Waals surface area (Å²) in [6, 6.07) is 16.9. The van der Waals surface area contributed by atoms with E-state index in [0.717, 1.165) is 56.3 Å². The Bertz CT molecular complexity index is 869. The van der Waals surface area contributed by atoms with Gasteiger partial charge in [-0.05, 0) is 62.4 Å². The zero-order chi connectivity index (χ0) is 22.8. The van der Waals surface area contributed by atoms with Crippen LogP contribution in [-0.4, -0.2) is 60.9 Å². The van der Waals surface area contributed by atoms with Crippen LogP contribution in [0, 0.1) is 13.8 Å². The van der Waals surface area contributed by atoms with E-state index in [4.69, 9.17) is 4.74 Å². The molecule has 3 rings (SSSR count). The number of nitrogens with zero attached hydrogens (tertiary/aromatic N) is 2. The van der Waals surface area contributed by atoms with Gasteiger partial charge in [0.25, 0.3) is 0 Å². The second-order valence-electron chi connectivity index (χ2n) is 8.62. The summed E-state index contributed by atoms with van der Waals surface area (Å²) in [7, 11) is 0. The van der Waals surface area contributed by atoms with Crippen LogP contribution in [0.5, 0.6) is 5.75 Å². The number of likely N-dealkylation sites (tertiary alicyclic amines) is 1. The first-order valence-corrected chi connectivity index (χ1v) is 11.7. The Hall–Kier alpha value is -1.84. The average molecular weight is 567 g/mol. The van der Waals surface area contributed by atoms with Gasteiger partial charge in [0.1, 0.15) is 18.5 Å². The molecule has 7 heteroatoms. The van der Waals surface area contributed by atoms with Gasteiger partial charge in [-0.1, -0.05) is 36.4 Å². The predicted octanol–water partition coefficient (Wildman–Crippen LogP) is 3.88. The number of guanidine groups is 1. The molecule has 0 bridgehead atoms. The average Bonchev–Trinajstić information content (AvgIpc) is 2.79. The number of nitrogens with one attached hydrogen (secondary N) is 2. The predicted molar refractivity (Wildman–Crippen MR) is 147 cm³/mol. The van der Waals surface area contributed by atoms with Crippen LogP contribution >= 0.6 is 24.0 Å². The summed E-state index contributed by atoms with van der Waals surface area (Å²) in [5.41, 5.74) is 3.91. The Morgan fingerprint density at radius 3 is 2.61 bits per heavy atom. The first kappa shape index (κ1) is 27.4. The van der Waals surface area contributed by atoms with Crippen LogP contribution < -0.4 is 15.4 Å². The third-order valence-corrected chi connectivity index (χ3v) is 5.82. The Kier molecular flexibility index (Phi) is 12.0. The van der Waals surface area contributed by atoms with Gasteiger partial charge < -0.3 is 20.5 Å². The molecule has 2 aromatic carbocycles. The number of aliphatic hydroxyl groups is 1. The second-order valence-corrected chi connectivity index (χ2v) is 8.62. The highest BCUT2D eigenvalue weighted by atomic mass is 127.